The number of rotatable bonds is 4. The normalized spacial score (nSPS) is 22.4. The molecule has 1 fully saturated rings. The Morgan fingerprint density at radius 2 is 2.31 bits per heavy atom. The lowest BCUT2D eigenvalue weighted by atomic mass is 10.1. The summed E-state index contributed by atoms with van der Waals surface area (Å²) in [5.74, 6) is 0.0817. The first-order chi connectivity index (χ1) is 7.86. The molecule has 16 heavy (non-hydrogen) atoms. The van der Waals surface area contributed by atoms with E-state index in [-0.39, 0.29) is 18.5 Å². The number of piperidine rings is 1. The van der Waals surface area contributed by atoms with Crippen molar-refractivity contribution in [2.45, 2.75) is 31.8 Å². The molecule has 0 unspecified atom stereocenters. The van der Waals surface area contributed by atoms with Crippen molar-refractivity contribution < 1.29 is 14.3 Å². The van der Waals surface area contributed by atoms with Crippen molar-refractivity contribution in [3.05, 3.63) is 11.8 Å². The maximum Gasteiger partial charge on any atom is 0.187 e. The van der Waals surface area contributed by atoms with E-state index in [4.69, 9.17) is 9.47 Å². The topological polar surface area (TPSA) is 47.6 Å². The summed E-state index contributed by atoms with van der Waals surface area (Å²) in [5, 5.41) is 3.27. The molecule has 4 nitrogen and oxygen atoms in total. The molecular weight excluding hydrogens is 206 g/mol. The molecule has 0 aliphatic carbocycles. The number of Topliss-reactive ketones (excluding diaryl/α,β-unsaturated/α-hetero) is 1. The lowest BCUT2D eigenvalue weighted by molar-refractivity contribution is -0.122. The summed E-state index contributed by atoms with van der Waals surface area (Å²) in [6, 6.07) is 0. The van der Waals surface area contributed by atoms with Crippen LogP contribution in [0.4, 0.5) is 0 Å². The summed E-state index contributed by atoms with van der Waals surface area (Å²) >= 11 is 0. The van der Waals surface area contributed by atoms with Gasteiger partial charge in [-0.25, -0.2) is 0 Å². The van der Waals surface area contributed by atoms with Crippen molar-refractivity contribution in [3.63, 3.8) is 0 Å². The zero-order chi connectivity index (χ0) is 11.2. The standard InChI is InChI=1S/C12H19NO3/c14-12(10-2-1-7-15-8-10)9-16-11-3-5-13-6-4-11/h8,11,13H,1-7,9H2. The summed E-state index contributed by atoms with van der Waals surface area (Å²) in [7, 11) is 0. The summed E-state index contributed by atoms with van der Waals surface area (Å²) in [6.45, 7) is 2.92. The minimum atomic E-state index is 0.0817. The van der Waals surface area contributed by atoms with Crippen molar-refractivity contribution >= 4 is 5.78 Å². The number of carbonyl (C=O) groups is 1. The van der Waals surface area contributed by atoms with Crippen LogP contribution < -0.4 is 5.32 Å². The van der Waals surface area contributed by atoms with Gasteiger partial charge in [-0.3, -0.25) is 4.79 Å². The Morgan fingerprint density at radius 1 is 1.50 bits per heavy atom. The Labute approximate surface area is 96.0 Å². The Balaban J connectivity index is 1.72. The molecule has 4 heteroatoms. The predicted octanol–water partition coefficient (Wildman–Crippen LogP) is 1.02. The largest absolute Gasteiger partial charge is 0.501 e. The van der Waals surface area contributed by atoms with Gasteiger partial charge in [0.2, 0.25) is 0 Å². The Bertz CT molecular complexity index is 269. The Morgan fingerprint density at radius 3 is 3.00 bits per heavy atom. The van der Waals surface area contributed by atoms with E-state index in [0.29, 0.717) is 0 Å². The van der Waals surface area contributed by atoms with Gasteiger partial charge in [-0.1, -0.05) is 0 Å². The van der Waals surface area contributed by atoms with Crippen molar-refractivity contribution in [2.24, 2.45) is 0 Å². The lowest BCUT2D eigenvalue weighted by Crippen LogP contribution is -2.33. The first-order valence-corrected chi connectivity index (χ1v) is 6.02. The third-order valence-corrected chi connectivity index (χ3v) is 3.03. The molecule has 0 amide bonds. The predicted molar refractivity (Wildman–Crippen MR) is 60.1 cm³/mol. The molecule has 2 aliphatic heterocycles. The number of ketones is 1. The van der Waals surface area contributed by atoms with Gasteiger partial charge in [0.15, 0.2) is 5.78 Å². The minimum Gasteiger partial charge on any atom is -0.501 e. The first-order valence-electron chi connectivity index (χ1n) is 6.02. The van der Waals surface area contributed by atoms with Crippen LogP contribution in [0.3, 0.4) is 0 Å². The average molecular weight is 225 g/mol. The second-order valence-electron chi connectivity index (χ2n) is 4.30. The molecule has 0 atom stereocenters. The third-order valence-electron chi connectivity index (χ3n) is 3.03. The van der Waals surface area contributed by atoms with Crippen LogP contribution in [0.25, 0.3) is 0 Å². The highest BCUT2D eigenvalue weighted by molar-refractivity contribution is 5.96. The van der Waals surface area contributed by atoms with Crippen LogP contribution in [0.5, 0.6) is 0 Å². The van der Waals surface area contributed by atoms with Crippen LogP contribution in [0.1, 0.15) is 25.7 Å². The Hall–Kier alpha value is -0.870. The summed E-state index contributed by atoms with van der Waals surface area (Å²) in [5.41, 5.74) is 0.778. The number of hydrogen-bond acceptors (Lipinski definition) is 4. The fourth-order valence-corrected chi connectivity index (χ4v) is 2.02. The molecule has 0 radical (unpaired) electrons. The van der Waals surface area contributed by atoms with E-state index >= 15 is 0 Å². The molecule has 0 aromatic heterocycles. The molecule has 0 spiro atoms. The van der Waals surface area contributed by atoms with Crippen LogP contribution in [-0.2, 0) is 14.3 Å². The summed E-state index contributed by atoms with van der Waals surface area (Å²) in [4.78, 5) is 11.8. The molecule has 1 N–H and O–H groups in total. The second-order valence-corrected chi connectivity index (χ2v) is 4.30. The van der Waals surface area contributed by atoms with E-state index < -0.39 is 0 Å². The van der Waals surface area contributed by atoms with Crippen molar-refractivity contribution in [1.29, 1.82) is 0 Å². The monoisotopic (exact) mass is 225 g/mol. The van der Waals surface area contributed by atoms with Crippen molar-refractivity contribution in [1.82, 2.24) is 5.32 Å². The van der Waals surface area contributed by atoms with E-state index in [9.17, 15) is 4.79 Å². The maximum absolute atomic E-state index is 11.8. The molecule has 0 bridgehead atoms. The van der Waals surface area contributed by atoms with Gasteiger partial charge in [-0.2, -0.15) is 0 Å². The molecule has 0 aromatic carbocycles. The van der Waals surface area contributed by atoms with E-state index in [1.54, 1.807) is 6.26 Å². The molecule has 0 saturated carbocycles. The maximum atomic E-state index is 11.8. The molecule has 1 saturated heterocycles. The van der Waals surface area contributed by atoms with Gasteiger partial charge in [0, 0.05) is 5.57 Å². The highest BCUT2D eigenvalue weighted by Crippen LogP contribution is 2.14. The van der Waals surface area contributed by atoms with Crippen LogP contribution in [0.15, 0.2) is 11.8 Å². The van der Waals surface area contributed by atoms with E-state index in [1.165, 1.54) is 0 Å². The number of ether oxygens (including phenoxy) is 2. The highest BCUT2D eigenvalue weighted by atomic mass is 16.5. The first kappa shape index (κ1) is 11.6. The number of hydrogen-bond donors (Lipinski definition) is 1. The van der Waals surface area contributed by atoms with Gasteiger partial charge in [0.25, 0.3) is 0 Å². The van der Waals surface area contributed by atoms with Crippen molar-refractivity contribution in [3.8, 4) is 0 Å². The quantitative estimate of drug-likeness (QED) is 0.776. The van der Waals surface area contributed by atoms with E-state index in [2.05, 4.69) is 5.32 Å². The molecule has 90 valence electrons. The zero-order valence-corrected chi connectivity index (χ0v) is 9.54. The van der Waals surface area contributed by atoms with Gasteiger partial charge in [0.1, 0.15) is 6.61 Å². The fraction of sp³-hybridized carbons (Fsp3) is 0.750. The highest BCUT2D eigenvalue weighted by Gasteiger charge is 2.17. The van der Waals surface area contributed by atoms with Crippen LogP contribution >= 0.6 is 0 Å². The molecule has 0 aromatic rings. The van der Waals surface area contributed by atoms with Gasteiger partial charge in [-0.15, -0.1) is 0 Å². The summed E-state index contributed by atoms with van der Waals surface area (Å²) in [6.07, 6.45) is 5.61. The van der Waals surface area contributed by atoms with Gasteiger partial charge >= 0.3 is 0 Å². The third kappa shape index (κ3) is 3.32. The van der Waals surface area contributed by atoms with Crippen molar-refractivity contribution in [2.75, 3.05) is 26.3 Å². The molecule has 2 aliphatic rings. The molecule has 2 heterocycles. The molecule has 2 rings (SSSR count). The lowest BCUT2D eigenvalue weighted by Gasteiger charge is -2.23. The summed E-state index contributed by atoms with van der Waals surface area (Å²) < 4.78 is 10.8. The zero-order valence-electron chi connectivity index (χ0n) is 9.54. The van der Waals surface area contributed by atoms with Crippen LogP contribution in [0, 0.1) is 0 Å². The fourth-order valence-electron chi connectivity index (χ4n) is 2.02. The van der Waals surface area contributed by atoms with Crippen LogP contribution in [0.2, 0.25) is 0 Å². The van der Waals surface area contributed by atoms with E-state index in [1.807, 2.05) is 0 Å². The number of carbonyl (C=O) groups excluding carboxylic acids is 1. The number of nitrogens with one attached hydrogen (secondary N) is 1. The Kier molecular flexibility index (Phi) is 4.36. The smallest absolute Gasteiger partial charge is 0.187 e. The van der Waals surface area contributed by atoms with Gasteiger partial charge < -0.3 is 14.8 Å². The van der Waals surface area contributed by atoms with Gasteiger partial charge in [-0.05, 0) is 38.8 Å². The minimum absolute atomic E-state index is 0.0817. The SMILES string of the molecule is O=C(COC1CCNCC1)C1=COCCC1. The van der Waals surface area contributed by atoms with Crippen LogP contribution in [-0.4, -0.2) is 38.2 Å². The second kappa shape index (κ2) is 6.01. The average Bonchev–Trinajstić information content (AvgIpc) is 2.38. The molecular formula is C12H19NO3. The van der Waals surface area contributed by atoms with E-state index in [0.717, 1.165) is 51.0 Å². The van der Waals surface area contributed by atoms with Gasteiger partial charge in [0.05, 0.1) is 19.0 Å².